The summed E-state index contributed by atoms with van der Waals surface area (Å²) in [4.78, 5) is 12.1. The maximum atomic E-state index is 12.4. The van der Waals surface area contributed by atoms with Crippen molar-refractivity contribution < 1.29 is 17.9 Å². The van der Waals surface area contributed by atoms with E-state index in [2.05, 4.69) is 10.0 Å². The van der Waals surface area contributed by atoms with Gasteiger partial charge in [0.2, 0.25) is 15.9 Å². The molecule has 0 fully saturated rings. The lowest BCUT2D eigenvalue weighted by Gasteiger charge is -2.18. The summed E-state index contributed by atoms with van der Waals surface area (Å²) < 4.78 is 32.6. The number of carbonyl (C=O) groups is 1. The van der Waals surface area contributed by atoms with E-state index >= 15 is 0 Å². The molecule has 0 aliphatic heterocycles. The van der Waals surface area contributed by atoms with E-state index in [1.54, 1.807) is 13.0 Å². The fourth-order valence-corrected chi connectivity index (χ4v) is 3.22. The Kier molecular flexibility index (Phi) is 7.02. The van der Waals surface area contributed by atoms with Crippen LogP contribution in [0.1, 0.15) is 39.7 Å². The van der Waals surface area contributed by atoms with Crippen LogP contribution in [0.5, 0.6) is 5.75 Å². The van der Waals surface area contributed by atoms with E-state index in [1.165, 1.54) is 19.1 Å². The quantitative estimate of drug-likeness (QED) is 0.756. The molecule has 1 rings (SSSR count). The molecule has 0 aliphatic rings. The summed E-state index contributed by atoms with van der Waals surface area (Å²) in [5, 5.41) is 2.75. The van der Waals surface area contributed by atoms with Crippen LogP contribution in [0.4, 0.5) is 0 Å². The van der Waals surface area contributed by atoms with Crippen molar-refractivity contribution in [2.75, 3.05) is 6.61 Å². The van der Waals surface area contributed by atoms with Gasteiger partial charge in [-0.1, -0.05) is 6.92 Å². The second-order valence-corrected chi connectivity index (χ2v) is 7.24. The fraction of sp³-hybridized carbons (Fsp3) is 0.562. The average molecular weight is 342 g/mol. The number of sulfonamides is 1. The van der Waals surface area contributed by atoms with Crippen LogP contribution in [0.25, 0.3) is 0 Å². The average Bonchev–Trinajstić information content (AvgIpc) is 2.48. The Balaban J connectivity index is 2.86. The Morgan fingerprint density at radius 3 is 2.43 bits per heavy atom. The number of rotatable bonds is 8. The van der Waals surface area contributed by atoms with E-state index < -0.39 is 16.1 Å². The van der Waals surface area contributed by atoms with Crippen LogP contribution >= 0.6 is 0 Å². The molecule has 6 nitrogen and oxygen atoms in total. The molecule has 1 aromatic rings. The number of amides is 1. The molecule has 0 aliphatic carbocycles. The van der Waals surface area contributed by atoms with Crippen LogP contribution in [0.15, 0.2) is 23.1 Å². The molecular weight excluding hydrogens is 316 g/mol. The summed E-state index contributed by atoms with van der Waals surface area (Å²) in [6, 6.07) is 3.78. The van der Waals surface area contributed by atoms with Crippen LogP contribution in [0, 0.1) is 6.92 Å². The van der Waals surface area contributed by atoms with Gasteiger partial charge in [-0.3, -0.25) is 4.79 Å². The minimum absolute atomic E-state index is 0.00201. The molecule has 0 bridgehead atoms. The SMILES string of the molecule is CCOc1ccc(S(=O)(=O)N[C@H](C)C(=O)N[C@@H](C)CC)cc1C. The normalized spacial score (nSPS) is 14.1. The maximum Gasteiger partial charge on any atom is 0.241 e. The minimum atomic E-state index is -3.77. The molecule has 0 spiro atoms. The van der Waals surface area contributed by atoms with Gasteiger partial charge in [-0.15, -0.1) is 0 Å². The summed E-state index contributed by atoms with van der Waals surface area (Å²) in [6.07, 6.45) is 0.781. The highest BCUT2D eigenvalue weighted by atomic mass is 32.2. The summed E-state index contributed by atoms with van der Waals surface area (Å²) in [5.74, 6) is 0.305. The first kappa shape index (κ1) is 19.4. The highest BCUT2D eigenvalue weighted by molar-refractivity contribution is 7.89. The molecule has 0 radical (unpaired) electrons. The van der Waals surface area contributed by atoms with Gasteiger partial charge < -0.3 is 10.1 Å². The summed E-state index contributed by atoms with van der Waals surface area (Å²) in [6.45, 7) is 9.50. The van der Waals surface area contributed by atoms with Crippen LogP contribution in [-0.2, 0) is 14.8 Å². The van der Waals surface area contributed by atoms with Crippen molar-refractivity contribution in [2.45, 2.75) is 58.0 Å². The lowest BCUT2D eigenvalue weighted by molar-refractivity contribution is -0.122. The minimum Gasteiger partial charge on any atom is -0.494 e. The van der Waals surface area contributed by atoms with Gasteiger partial charge in [-0.2, -0.15) is 4.72 Å². The molecule has 130 valence electrons. The molecule has 2 atom stereocenters. The Hall–Kier alpha value is -1.60. The lowest BCUT2D eigenvalue weighted by Crippen LogP contribution is -2.47. The summed E-state index contributed by atoms with van der Waals surface area (Å²) >= 11 is 0. The van der Waals surface area contributed by atoms with E-state index in [4.69, 9.17) is 4.74 Å². The molecule has 7 heteroatoms. The molecule has 0 heterocycles. The molecule has 0 unspecified atom stereocenters. The van der Waals surface area contributed by atoms with Crippen molar-refractivity contribution in [3.63, 3.8) is 0 Å². The van der Waals surface area contributed by atoms with Crippen molar-refractivity contribution in [1.82, 2.24) is 10.0 Å². The molecule has 23 heavy (non-hydrogen) atoms. The number of carbonyl (C=O) groups excluding carboxylic acids is 1. The number of hydrogen-bond acceptors (Lipinski definition) is 4. The second-order valence-electron chi connectivity index (χ2n) is 5.52. The van der Waals surface area contributed by atoms with E-state index in [0.717, 1.165) is 12.0 Å². The lowest BCUT2D eigenvalue weighted by atomic mass is 10.2. The monoisotopic (exact) mass is 342 g/mol. The number of nitrogens with one attached hydrogen (secondary N) is 2. The van der Waals surface area contributed by atoms with E-state index in [0.29, 0.717) is 12.4 Å². The largest absolute Gasteiger partial charge is 0.494 e. The van der Waals surface area contributed by atoms with Gasteiger partial charge in [0.15, 0.2) is 0 Å². The van der Waals surface area contributed by atoms with Gasteiger partial charge >= 0.3 is 0 Å². The highest BCUT2D eigenvalue weighted by Gasteiger charge is 2.23. The zero-order chi connectivity index (χ0) is 17.6. The highest BCUT2D eigenvalue weighted by Crippen LogP contribution is 2.21. The Labute approximate surface area is 138 Å². The van der Waals surface area contributed by atoms with Gasteiger partial charge in [0.05, 0.1) is 17.5 Å². The molecule has 0 saturated heterocycles. The van der Waals surface area contributed by atoms with Gasteiger partial charge in [0.25, 0.3) is 0 Å². The van der Waals surface area contributed by atoms with Crippen molar-refractivity contribution in [1.29, 1.82) is 0 Å². The van der Waals surface area contributed by atoms with Crippen LogP contribution < -0.4 is 14.8 Å². The fourth-order valence-electron chi connectivity index (χ4n) is 1.93. The molecule has 1 amide bonds. The van der Waals surface area contributed by atoms with Gasteiger partial charge in [-0.25, -0.2) is 8.42 Å². The summed E-state index contributed by atoms with van der Waals surface area (Å²) in [5.41, 5.74) is 0.728. The van der Waals surface area contributed by atoms with E-state index in [-0.39, 0.29) is 16.8 Å². The Morgan fingerprint density at radius 1 is 1.26 bits per heavy atom. The van der Waals surface area contributed by atoms with Crippen molar-refractivity contribution in [2.24, 2.45) is 0 Å². The van der Waals surface area contributed by atoms with Crippen molar-refractivity contribution in [3.05, 3.63) is 23.8 Å². The van der Waals surface area contributed by atoms with Crippen LogP contribution in [0.2, 0.25) is 0 Å². The maximum absolute atomic E-state index is 12.4. The predicted molar refractivity (Wildman–Crippen MR) is 90.0 cm³/mol. The third-order valence-electron chi connectivity index (χ3n) is 3.48. The number of ether oxygens (including phenoxy) is 1. The third-order valence-corrected chi connectivity index (χ3v) is 5.02. The zero-order valence-electron chi connectivity index (χ0n) is 14.3. The smallest absolute Gasteiger partial charge is 0.241 e. The van der Waals surface area contributed by atoms with Crippen LogP contribution in [-0.4, -0.2) is 33.0 Å². The number of aryl methyl sites for hydroxylation is 1. The summed E-state index contributed by atoms with van der Waals surface area (Å²) in [7, 11) is -3.77. The van der Waals surface area contributed by atoms with Crippen LogP contribution in [0.3, 0.4) is 0 Å². The second kappa shape index (κ2) is 8.31. The third kappa shape index (κ3) is 5.51. The standard InChI is InChI=1S/C16H26N2O4S/c1-6-12(4)17-16(19)13(5)18-23(20,21)14-8-9-15(22-7-2)11(3)10-14/h8-10,12-13,18H,6-7H2,1-5H3,(H,17,19)/t12-,13+/m0/s1. The van der Waals surface area contributed by atoms with E-state index in [1.807, 2.05) is 20.8 Å². The molecule has 0 aromatic heterocycles. The van der Waals surface area contributed by atoms with Gasteiger partial charge in [0, 0.05) is 6.04 Å². The first-order chi connectivity index (χ1) is 10.7. The Bertz CT molecular complexity index is 643. The van der Waals surface area contributed by atoms with Crippen molar-refractivity contribution >= 4 is 15.9 Å². The molecule has 1 aromatic carbocycles. The van der Waals surface area contributed by atoms with E-state index in [9.17, 15) is 13.2 Å². The predicted octanol–water partition coefficient (Wildman–Crippen LogP) is 1.98. The van der Waals surface area contributed by atoms with Gasteiger partial charge in [-0.05, 0) is 57.9 Å². The van der Waals surface area contributed by atoms with Crippen molar-refractivity contribution in [3.8, 4) is 5.75 Å². The first-order valence-corrected chi connectivity index (χ1v) is 9.25. The number of hydrogen-bond donors (Lipinski definition) is 2. The molecule has 2 N–H and O–H groups in total. The topological polar surface area (TPSA) is 84.5 Å². The molecular formula is C16H26N2O4S. The zero-order valence-corrected chi connectivity index (χ0v) is 15.2. The Morgan fingerprint density at radius 2 is 1.91 bits per heavy atom. The van der Waals surface area contributed by atoms with Gasteiger partial charge in [0.1, 0.15) is 5.75 Å². The first-order valence-electron chi connectivity index (χ1n) is 7.77. The molecule has 0 saturated carbocycles. The number of benzene rings is 1.